The monoisotopic (exact) mass is 504 g/mol. The average molecular weight is 505 g/mol. The molecule has 0 saturated carbocycles. The number of hydrogen-bond donors (Lipinski definition) is 2. The van der Waals surface area contributed by atoms with E-state index >= 15 is 0 Å². The van der Waals surface area contributed by atoms with Crippen LogP contribution in [0.25, 0.3) is 10.9 Å². The Labute approximate surface area is 222 Å². The Morgan fingerprint density at radius 3 is 2.67 bits per heavy atom. The van der Waals surface area contributed by atoms with Gasteiger partial charge in [-0.2, -0.15) is 0 Å². The summed E-state index contributed by atoms with van der Waals surface area (Å²) < 4.78 is 0. The van der Waals surface area contributed by atoms with Gasteiger partial charge in [0.1, 0.15) is 5.82 Å². The third-order valence-electron chi connectivity index (χ3n) is 6.48. The van der Waals surface area contributed by atoms with Crippen LogP contribution in [0.1, 0.15) is 77.6 Å². The van der Waals surface area contributed by atoms with E-state index in [2.05, 4.69) is 81.5 Å². The number of anilines is 1. The molecule has 0 saturated heterocycles. The summed E-state index contributed by atoms with van der Waals surface area (Å²) in [6, 6.07) is 3.84. The molecule has 3 N–H and O–H groups in total. The predicted molar refractivity (Wildman–Crippen MR) is 159 cm³/mol. The Kier molecular flexibility index (Phi) is 9.83. The van der Waals surface area contributed by atoms with E-state index in [9.17, 15) is 0 Å². The molecule has 0 radical (unpaired) electrons. The van der Waals surface area contributed by atoms with Crippen molar-refractivity contribution in [2.45, 2.75) is 72.8 Å². The third-order valence-corrected chi connectivity index (χ3v) is 6.70. The van der Waals surface area contributed by atoms with Crippen molar-refractivity contribution in [1.29, 1.82) is 0 Å². The maximum atomic E-state index is 6.42. The molecule has 1 unspecified atom stereocenters. The number of hydrogen-bond acceptors (Lipinski definition) is 3. The zero-order chi connectivity index (χ0) is 26.2. The molecule has 1 aromatic heterocycles. The number of aromatic amines is 1. The third kappa shape index (κ3) is 6.41. The van der Waals surface area contributed by atoms with E-state index < -0.39 is 0 Å². The molecule has 36 heavy (non-hydrogen) atoms. The van der Waals surface area contributed by atoms with E-state index in [-0.39, 0.29) is 6.04 Å². The lowest BCUT2D eigenvalue weighted by Gasteiger charge is -2.38. The first kappa shape index (κ1) is 27.6. The van der Waals surface area contributed by atoms with Gasteiger partial charge in [-0.1, -0.05) is 74.7 Å². The number of unbranched alkanes of at least 4 members (excludes halogenated alkanes) is 1. The van der Waals surface area contributed by atoms with Crippen molar-refractivity contribution in [2.24, 2.45) is 4.99 Å². The number of nitrogens with one attached hydrogen (secondary N) is 1. The van der Waals surface area contributed by atoms with E-state index in [4.69, 9.17) is 22.3 Å². The molecule has 0 aliphatic carbocycles. The van der Waals surface area contributed by atoms with Crippen molar-refractivity contribution in [2.75, 3.05) is 12.3 Å². The number of rotatable bonds is 10. The van der Waals surface area contributed by atoms with Crippen molar-refractivity contribution in [1.82, 2.24) is 9.88 Å². The van der Waals surface area contributed by atoms with E-state index in [0.717, 1.165) is 60.9 Å². The van der Waals surface area contributed by atoms with Crippen molar-refractivity contribution in [3.05, 3.63) is 87.9 Å². The Hall–Kier alpha value is -2.98. The summed E-state index contributed by atoms with van der Waals surface area (Å²) in [7, 11) is 0. The lowest BCUT2D eigenvalue weighted by molar-refractivity contribution is 0.267. The Balaban J connectivity index is 2.25. The van der Waals surface area contributed by atoms with E-state index in [1.807, 2.05) is 18.3 Å². The van der Waals surface area contributed by atoms with Gasteiger partial charge in [0.2, 0.25) is 0 Å². The van der Waals surface area contributed by atoms with Crippen LogP contribution in [0.4, 0.5) is 5.69 Å². The molecule has 0 spiro atoms. The number of benzene rings is 1. The molecule has 0 bridgehead atoms. The summed E-state index contributed by atoms with van der Waals surface area (Å²) in [5.74, 6) is 0.987. The van der Waals surface area contributed by atoms with Crippen LogP contribution in [0, 0.1) is 0 Å². The highest BCUT2D eigenvalue weighted by Gasteiger charge is 2.33. The summed E-state index contributed by atoms with van der Waals surface area (Å²) in [6.45, 7) is 15.7. The molecule has 2 heterocycles. The van der Waals surface area contributed by atoms with Crippen LogP contribution >= 0.6 is 11.6 Å². The van der Waals surface area contributed by atoms with Gasteiger partial charge in [0, 0.05) is 28.9 Å². The first-order chi connectivity index (χ1) is 17.3. The lowest BCUT2D eigenvalue weighted by atomic mass is 9.90. The highest BCUT2D eigenvalue weighted by atomic mass is 35.5. The summed E-state index contributed by atoms with van der Waals surface area (Å²) >= 11 is 6.42. The van der Waals surface area contributed by atoms with Crippen LogP contribution in [-0.4, -0.2) is 22.6 Å². The van der Waals surface area contributed by atoms with Gasteiger partial charge in [-0.3, -0.25) is 0 Å². The van der Waals surface area contributed by atoms with Gasteiger partial charge in [-0.15, -0.1) is 0 Å². The fourth-order valence-electron chi connectivity index (χ4n) is 4.58. The second-order valence-corrected chi connectivity index (χ2v) is 10.0. The van der Waals surface area contributed by atoms with Crippen LogP contribution < -0.4 is 5.73 Å². The minimum atomic E-state index is -0.0200. The van der Waals surface area contributed by atoms with Crippen LogP contribution in [0.15, 0.2) is 76.6 Å². The summed E-state index contributed by atoms with van der Waals surface area (Å²) in [6.07, 6.45) is 17.7. The van der Waals surface area contributed by atoms with E-state index in [0.29, 0.717) is 10.7 Å². The summed E-state index contributed by atoms with van der Waals surface area (Å²) in [5, 5.41) is 1.78. The lowest BCUT2D eigenvalue weighted by Crippen LogP contribution is -2.35. The van der Waals surface area contributed by atoms with Gasteiger partial charge >= 0.3 is 0 Å². The molecule has 1 aliphatic rings. The minimum Gasteiger partial charge on any atom is -0.397 e. The Morgan fingerprint density at radius 1 is 1.22 bits per heavy atom. The highest BCUT2D eigenvalue weighted by Crippen LogP contribution is 2.43. The van der Waals surface area contributed by atoms with Gasteiger partial charge < -0.3 is 15.6 Å². The zero-order valence-corrected chi connectivity index (χ0v) is 23.3. The number of aliphatic imine (C=N–C) groups is 1. The first-order valence-electron chi connectivity index (χ1n) is 13.1. The molecule has 192 valence electrons. The number of allylic oxidation sites excluding steroid dienone is 6. The van der Waals surface area contributed by atoms with Crippen LogP contribution in [0.2, 0.25) is 5.02 Å². The molecule has 4 nitrogen and oxygen atoms in total. The second kappa shape index (κ2) is 12.8. The number of nitrogen functional groups attached to an aromatic ring is 1. The molecule has 0 fully saturated rings. The number of nitrogens with zero attached hydrogens (tertiary/aromatic N) is 2. The molecule has 1 aliphatic heterocycles. The second-order valence-electron chi connectivity index (χ2n) is 9.61. The number of halogens is 1. The molecule has 0 amide bonds. The van der Waals surface area contributed by atoms with Crippen molar-refractivity contribution in [3.63, 3.8) is 0 Å². The largest absolute Gasteiger partial charge is 0.397 e. The van der Waals surface area contributed by atoms with Crippen LogP contribution in [-0.2, 0) is 6.42 Å². The van der Waals surface area contributed by atoms with E-state index in [1.165, 1.54) is 22.4 Å². The quantitative estimate of drug-likeness (QED) is 0.193. The maximum Gasteiger partial charge on any atom is 0.125 e. The predicted octanol–water partition coefficient (Wildman–Crippen LogP) is 8.84. The normalized spacial score (nSPS) is 16.8. The molecular formula is C31H41ClN4. The van der Waals surface area contributed by atoms with Gasteiger partial charge in [0.15, 0.2) is 0 Å². The molecule has 5 heteroatoms. The van der Waals surface area contributed by atoms with Crippen LogP contribution in [0.5, 0.6) is 0 Å². The molecule has 1 aromatic carbocycles. The Bertz CT molecular complexity index is 1230. The smallest absolute Gasteiger partial charge is 0.125 e. The van der Waals surface area contributed by atoms with Crippen molar-refractivity contribution < 1.29 is 0 Å². The Morgan fingerprint density at radius 2 is 2.00 bits per heavy atom. The molecular weight excluding hydrogens is 464 g/mol. The number of H-pyrrole nitrogens is 1. The number of fused-ring (bicyclic) bond motifs is 3. The standard InChI is InChI=1S/C31H41ClN4/c1-7-10-12-23(14-13-22(6)9-3)31-30-25(26-19-24(32)20-27(33)29(26)35-30)16-18-36(31)28(11-8-2)34-17-15-21(4)5/h11-15,17,19-20,31,35H,6-10,16,18,33H2,1-5H3/b14-13-,23-12+,28-11-,34-17-. The number of nitrogens with two attached hydrogens (primary N) is 1. The summed E-state index contributed by atoms with van der Waals surface area (Å²) in [5.41, 5.74) is 14.1. The van der Waals surface area contributed by atoms with Gasteiger partial charge in [0.25, 0.3) is 0 Å². The van der Waals surface area contributed by atoms with Gasteiger partial charge in [0.05, 0.1) is 17.2 Å². The van der Waals surface area contributed by atoms with Gasteiger partial charge in [-0.25, -0.2) is 4.99 Å². The fraction of sp³-hybridized carbons (Fsp3) is 0.387. The molecule has 1 atom stereocenters. The fourth-order valence-corrected chi connectivity index (χ4v) is 4.80. The van der Waals surface area contributed by atoms with Gasteiger partial charge in [-0.05, 0) is 75.0 Å². The molecule has 2 aromatic rings. The molecule has 3 rings (SSSR count). The topological polar surface area (TPSA) is 57.4 Å². The SMILES string of the molecule is C=C(/C=C\C(=C/CCC)C1c2[nH]c3c(N)cc(Cl)cc3c2CCN1C(=C\CC)/N=C\C=C(C)C)CC. The average Bonchev–Trinajstić information content (AvgIpc) is 3.22. The van der Waals surface area contributed by atoms with Crippen molar-refractivity contribution in [3.8, 4) is 0 Å². The minimum absolute atomic E-state index is 0.0200. The highest BCUT2D eigenvalue weighted by molar-refractivity contribution is 6.32. The maximum absolute atomic E-state index is 6.42. The van der Waals surface area contributed by atoms with E-state index in [1.54, 1.807) is 0 Å². The summed E-state index contributed by atoms with van der Waals surface area (Å²) in [4.78, 5) is 11.1. The van der Waals surface area contributed by atoms with Crippen LogP contribution in [0.3, 0.4) is 0 Å². The number of aromatic nitrogens is 1. The van der Waals surface area contributed by atoms with Crippen molar-refractivity contribution >= 4 is 34.4 Å². The first-order valence-corrected chi connectivity index (χ1v) is 13.5. The zero-order valence-electron chi connectivity index (χ0n) is 22.5.